The maximum absolute atomic E-state index is 14.1. The summed E-state index contributed by atoms with van der Waals surface area (Å²) < 4.78 is 20.8. The quantitative estimate of drug-likeness (QED) is 0.0914. The highest BCUT2D eigenvalue weighted by molar-refractivity contribution is 6.42. The molecule has 212 valence electrons. The number of hydrogen-bond acceptors (Lipinski definition) is 8. The number of ketones is 4. The summed E-state index contributed by atoms with van der Waals surface area (Å²) in [6.07, 6.45) is 0. The van der Waals surface area contributed by atoms with Gasteiger partial charge in [0.15, 0.2) is 23.1 Å². The number of hydrogen-bond donors (Lipinski definition) is 0. The van der Waals surface area contributed by atoms with Crippen LogP contribution in [0.5, 0.6) is 23.0 Å². The number of ether oxygens (including phenoxy) is 4. The Morgan fingerprint density at radius 1 is 0.333 bits per heavy atom. The minimum absolute atomic E-state index is 0.0928. The van der Waals surface area contributed by atoms with Gasteiger partial charge in [-0.05, 0) is 97.1 Å². The van der Waals surface area contributed by atoms with Crippen molar-refractivity contribution in [1.82, 2.24) is 0 Å². The second-order valence-electron chi connectivity index (χ2n) is 8.98. The fourth-order valence-corrected chi connectivity index (χ4v) is 4.21. The van der Waals surface area contributed by atoms with Crippen LogP contribution in [-0.4, -0.2) is 51.6 Å². The first-order valence-corrected chi connectivity index (χ1v) is 12.8. The predicted octanol–water partition coefficient (Wildman–Crippen LogP) is 5.85. The molecule has 0 aromatic heterocycles. The molecule has 42 heavy (non-hydrogen) atoms. The molecule has 8 heteroatoms. The lowest BCUT2D eigenvalue weighted by molar-refractivity contribution is 0.0908. The van der Waals surface area contributed by atoms with Gasteiger partial charge >= 0.3 is 0 Å². The normalized spacial score (nSPS) is 10.3. The van der Waals surface area contributed by atoms with Gasteiger partial charge in [-0.1, -0.05) is 0 Å². The van der Waals surface area contributed by atoms with E-state index in [4.69, 9.17) is 18.9 Å². The smallest absolute Gasteiger partial charge is 0.197 e. The van der Waals surface area contributed by atoms with Gasteiger partial charge in [-0.25, -0.2) is 0 Å². The van der Waals surface area contributed by atoms with Crippen LogP contribution in [0.4, 0.5) is 0 Å². The van der Waals surface area contributed by atoms with Crippen molar-refractivity contribution in [2.45, 2.75) is 0 Å². The molecular formula is C34H28O8. The molecule has 4 aromatic rings. The number of methoxy groups -OCH3 is 4. The van der Waals surface area contributed by atoms with Crippen molar-refractivity contribution in [2.24, 2.45) is 0 Å². The molecule has 0 atom stereocenters. The number of allylic oxidation sites excluding steroid dienone is 2. The van der Waals surface area contributed by atoms with E-state index < -0.39 is 34.3 Å². The molecule has 0 saturated heterocycles. The average molecular weight is 565 g/mol. The topological polar surface area (TPSA) is 105 Å². The maximum atomic E-state index is 14.1. The summed E-state index contributed by atoms with van der Waals surface area (Å²) in [6, 6.07) is 24.2. The number of carbonyl (C=O) groups excluding carboxylic acids is 4. The molecule has 0 N–H and O–H groups in total. The van der Waals surface area contributed by atoms with Crippen molar-refractivity contribution in [1.29, 1.82) is 0 Å². The molecule has 0 aliphatic heterocycles. The van der Waals surface area contributed by atoms with Crippen molar-refractivity contribution in [2.75, 3.05) is 28.4 Å². The molecule has 0 aliphatic rings. The Morgan fingerprint density at radius 3 is 0.643 bits per heavy atom. The van der Waals surface area contributed by atoms with Crippen molar-refractivity contribution < 1.29 is 38.1 Å². The average Bonchev–Trinajstić information content (AvgIpc) is 3.06. The molecule has 0 amide bonds. The summed E-state index contributed by atoms with van der Waals surface area (Å²) in [5.41, 5.74) is -0.755. The third kappa shape index (κ3) is 6.28. The minimum Gasteiger partial charge on any atom is -0.497 e. The zero-order valence-electron chi connectivity index (χ0n) is 23.5. The van der Waals surface area contributed by atoms with E-state index >= 15 is 0 Å². The lowest BCUT2D eigenvalue weighted by Crippen LogP contribution is -2.25. The zero-order valence-corrected chi connectivity index (χ0v) is 23.5. The number of benzene rings is 4. The van der Waals surface area contributed by atoms with E-state index in [2.05, 4.69) is 0 Å². The van der Waals surface area contributed by atoms with E-state index in [1.165, 1.54) is 77.0 Å². The van der Waals surface area contributed by atoms with Gasteiger partial charge in [0.1, 0.15) is 23.0 Å². The van der Waals surface area contributed by atoms with Gasteiger partial charge in [-0.2, -0.15) is 0 Å². The Bertz CT molecular complexity index is 1380. The van der Waals surface area contributed by atoms with Crippen LogP contribution in [0.15, 0.2) is 108 Å². The summed E-state index contributed by atoms with van der Waals surface area (Å²) in [5, 5.41) is 0. The lowest BCUT2D eigenvalue weighted by atomic mass is 9.84. The molecule has 8 nitrogen and oxygen atoms in total. The van der Waals surface area contributed by atoms with E-state index in [1.54, 1.807) is 48.5 Å². The summed E-state index contributed by atoms with van der Waals surface area (Å²) in [7, 11) is 5.92. The highest BCUT2D eigenvalue weighted by Crippen LogP contribution is 2.27. The summed E-state index contributed by atoms with van der Waals surface area (Å²) in [4.78, 5) is 56.4. The monoisotopic (exact) mass is 564 g/mol. The first-order chi connectivity index (χ1) is 20.3. The SMILES string of the molecule is COc1ccc(C(=O)C(C(=O)c2ccc(OC)cc2)=C(C(=O)c2ccc(OC)cc2)C(=O)c2ccc(OC)cc2)cc1. The molecule has 0 fully saturated rings. The van der Waals surface area contributed by atoms with E-state index in [-0.39, 0.29) is 22.3 Å². The summed E-state index contributed by atoms with van der Waals surface area (Å²) in [5.74, 6) is -1.22. The summed E-state index contributed by atoms with van der Waals surface area (Å²) in [6.45, 7) is 0. The number of rotatable bonds is 12. The molecule has 0 bridgehead atoms. The first-order valence-electron chi connectivity index (χ1n) is 12.8. The van der Waals surface area contributed by atoms with Crippen LogP contribution in [0, 0.1) is 0 Å². The number of carbonyl (C=O) groups is 4. The fourth-order valence-electron chi connectivity index (χ4n) is 4.21. The van der Waals surface area contributed by atoms with Gasteiger partial charge < -0.3 is 18.9 Å². The molecule has 4 aromatic carbocycles. The standard InChI is InChI=1S/C34H28O8/c1-39-25-13-5-21(6-14-25)31(35)29(32(36)22-7-15-26(40-2)16-8-22)30(33(37)23-9-17-27(41-3)18-10-23)34(38)24-11-19-28(42-4)20-12-24/h5-20H,1-4H3. The van der Waals surface area contributed by atoms with E-state index in [9.17, 15) is 19.2 Å². The highest BCUT2D eigenvalue weighted by Gasteiger charge is 2.34. The van der Waals surface area contributed by atoms with Gasteiger partial charge in [-0.15, -0.1) is 0 Å². The Hall–Kier alpha value is -5.50. The Balaban J connectivity index is 1.99. The van der Waals surface area contributed by atoms with Crippen LogP contribution in [0.2, 0.25) is 0 Å². The molecule has 4 rings (SSSR count). The molecule has 0 unspecified atom stereocenters. The largest absolute Gasteiger partial charge is 0.497 e. The Kier molecular flexibility index (Phi) is 9.29. The highest BCUT2D eigenvalue weighted by atomic mass is 16.5. The fraction of sp³-hybridized carbons (Fsp3) is 0.118. The molecule has 0 spiro atoms. The van der Waals surface area contributed by atoms with E-state index in [1.807, 2.05) is 0 Å². The van der Waals surface area contributed by atoms with Gasteiger partial charge in [0.2, 0.25) is 0 Å². The maximum Gasteiger partial charge on any atom is 0.197 e. The van der Waals surface area contributed by atoms with Gasteiger partial charge in [0.05, 0.1) is 39.6 Å². The molecule has 0 aliphatic carbocycles. The van der Waals surface area contributed by atoms with Crippen LogP contribution in [-0.2, 0) is 0 Å². The minimum atomic E-state index is -0.794. The second kappa shape index (κ2) is 13.2. The van der Waals surface area contributed by atoms with Crippen molar-refractivity contribution >= 4 is 23.1 Å². The van der Waals surface area contributed by atoms with Crippen LogP contribution < -0.4 is 18.9 Å². The Labute approximate surface area is 243 Å². The third-order valence-electron chi connectivity index (χ3n) is 6.57. The second-order valence-corrected chi connectivity index (χ2v) is 8.98. The van der Waals surface area contributed by atoms with Gasteiger partial charge in [0.25, 0.3) is 0 Å². The molecule has 0 heterocycles. The van der Waals surface area contributed by atoms with Crippen LogP contribution in [0.1, 0.15) is 41.4 Å². The molecular weight excluding hydrogens is 536 g/mol. The van der Waals surface area contributed by atoms with E-state index in [0.717, 1.165) is 0 Å². The third-order valence-corrected chi connectivity index (χ3v) is 6.57. The molecule has 0 radical (unpaired) electrons. The zero-order chi connectivity index (χ0) is 30.2. The molecule has 0 saturated carbocycles. The van der Waals surface area contributed by atoms with Crippen molar-refractivity contribution in [3.05, 3.63) is 130 Å². The van der Waals surface area contributed by atoms with Crippen LogP contribution in [0.25, 0.3) is 0 Å². The van der Waals surface area contributed by atoms with Crippen molar-refractivity contribution in [3.8, 4) is 23.0 Å². The van der Waals surface area contributed by atoms with Crippen LogP contribution in [0.3, 0.4) is 0 Å². The summed E-state index contributed by atoms with van der Waals surface area (Å²) >= 11 is 0. The first kappa shape index (κ1) is 29.5. The number of Topliss-reactive ketones (excluding diaryl/α,β-unsaturated/α-hetero) is 4. The van der Waals surface area contributed by atoms with E-state index in [0.29, 0.717) is 23.0 Å². The van der Waals surface area contributed by atoms with Crippen molar-refractivity contribution in [3.63, 3.8) is 0 Å². The Morgan fingerprint density at radius 2 is 0.500 bits per heavy atom. The predicted molar refractivity (Wildman–Crippen MR) is 156 cm³/mol. The van der Waals surface area contributed by atoms with Crippen LogP contribution >= 0.6 is 0 Å². The van der Waals surface area contributed by atoms with Gasteiger partial charge in [-0.3, -0.25) is 19.2 Å². The van der Waals surface area contributed by atoms with Gasteiger partial charge in [0, 0.05) is 22.3 Å². The lowest BCUT2D eigenvalue weighted by Gasteiger charge is -2.15.